The van der Waals surface area contributed by atoms with Crippen LogP contribution in [0.25, 0.3) is 22.3 Å². The van der Waals surface area contributed by atoms with E-state index >= 15 is 0 Å². The van der Waals surface area contributed by atoms with Gasteiger partial charge in [0.05, 0.1) is 20.9 Å². The summed E-state index contributed by atoms with van der Waals surface area (Å²) in [6.07, 6.45) is 6.90. The molecule has 0 unspecified atom stereocenters. The van der Waals surface area contributed by atoms with Crippen LogP contribution < -0.4 is 4.90 Å². The molecule has 1 aliphatic rings. The quantitative estimate of drug-likeness (QED) is 0.478. The Balaban J connectivity index is 1.63. The van der Waals surface area contributed by atoms with E-state index in [9.17, 15) is 13.6 Å². The highest BCUT2D eigenvalue weighted by molar-refractivity contribution is 9.10. The number of benzene rings is 1. The van der Waals surface area contributed by atoms with Gasteiger partial charge in [-0.05, 0) is 65.7 Å². The number of carboxylic acid groups (broad SMARTS) is 1. The highest BCUT2D eigenvalue weighted by Crippen LogP contribution is 2.33. The predicted molar refractivity (Wildman–Crippen MR) is 117 cm³/mol. The van der Waals surface area contributed by atoms with Gasteiger partial charge in [-0.3, -0.25) is 9.78 Å². The molecule has 1 N–H and O–H groups in total. The van der Waals surface area contributed by atoms with Crippen molar-refractivity contribution in [1.82, 2.24) is 15.0 Å². The zero-order valence-electron chi connectivity index (χ0n) is 16.7. The van der Waals surface area contributed by atoms with Gasteiger partial charge in [-0.1, -0.05) is 0 Å². The Kier molecular flexibility index (Phi) is 6.41. The average molecular weight is 491 g/mol. The topological polar surface area (TPSA) is 79.2 Å². The number of aliphatic carboxylic acids is 1. The van der Waals surface area contributed by atoms with Crippen molar-refractivity contribution in [2.45, 2.75) is 32.1 Å². The summed E-state index contributed by atoms with van der Waals surface area (Å²) in [5.41, 5.74) is 0.616. The zero-order chi connectivity index (χ0) is 22.0. The van der Waals surface area contributed by atoms with Gasteiger partial charge in [0.15, 0.2) is 5.82 Å². The number of halogens is 3. The molecule has 1 saturated heterocycles. The van der Waals surface area contributed by atoms with E-state index in [1.165, 1.54) is 0 Å². The molecule has 1 aromatic carbocycles. The minimum Gasteiger partial charge on any atom is -0.481 e. The van der Waals surface area contributed by atoms with Crippen molar-refractivity contribution in [3.05, 3.63) is 46.7 Å². The lowest BCUT2D eigenvalue weighted by Crippen LogP contribution is -2.34. The molecule has 0 atom stereocenters. The molecule has 0 radical (unpaired) electrons. The molecule has 2 aromatic heterocycles. The molecule has 0 aliphatic carbocycles. The van der Waals surface area contributed by atoms with E-state index in [2.05, 4.69) is 35.8 Å². The van der Waals surface area contributed by atoms with E-state index in [1.807, 2.05) is 0 Å². The maximum absolute atomic E-state index is 14.6. The summed E-state index contributed by atoms with van der Waals surface area (Å²) in [6.45, 7) is 1.49. The SMILES string of the molecule is O=C(O)CCCC1CCN(c2nc(-c3cc(F)c(Br)cc3F)nc3ccncc23)CC1. The minimum absolute atomic E-state index is 0.00391. The van der Waals surface area contributed by atoms with Gasteiger partial charge in [-0.15, -0.1) is 0 Å². The Bertz CT molecular complexity index is 1120. The third-order valence-electron chi connectivity index (χ3n) is 5.65. The molecule has 9 heteroatoms. The number of aromatic nitrogens is 3. The molecule has 31 heavy (non-hydrogen) atoms. The maximum Gasteiger partial charge on any atom is 0.303 e. The highest BCUT2D eigenvalue weighted by atomic mass is 79.9. The molecule has 1 aliphatic heterocycles. The minimum atomic E-state index is -0.762. The summed E-state index contributed by atoms with van der Waals surface area (Å²) < 4.78 is 28.7. The summed E-state index contributed by atoms with van der Waals surface area (Å²) in [4.78, 5) is 26.1. The summed E-state index contributed by atoms with van der Waals surface area (Å²) in [5.74, 6) is -0.704. The largest absolute Gasteiger partial charge is 0.481 e. The van der Waals surface area contributed by atoms with Crippen LogP contribution in [-0.2, 0) is 4.79 Å². The number of pyridine rings is 1. The zero-order valence-corrected chi connectivity index (χ0v) is 18.3. The summed E-state index contributed by atoms with van der Waals surface area (Å²) >= 11 is 3.00. The van der Waals surface area contributed by atoms with Crippen molar-refractivity contribution >= 4 is 38.6 Å². The van der Waals surface area contributed by atoms with E-state index in [0.717, 1.165) is 49.9 Å². The van der Waals surface area contributed by atoms with Crippen LogP contribution in [0.3, 0.4) is 0 Å². The molecular weight excluding hydrogens is 470 g/mol. The third kappa shape index (κ3) is 4.81. The standard InChI is InChI=1S/C22H21BrF2N4O2/c23-16-11-17(24)14(10-18(16)25)21-27-19-4-7-26-12-15(19)22(28-21)29-8-5-13(6-9-29)2-1-3-20(30)31/h4,7,10-13H,1-3,5-6,8-9H2,(H,30,31). The Morgan fingerprint density at radius 1 is 1.19 bits per heavy atom. The fourth-order valence-corrected chi connectivity index (χ4v) is 4.30. The number of piperidine rings is 1. The fraction of sp³-hybridized carbons (Fsp3) is 0.364. The highest BCUT2D eigenvalue weighted by Gasteiger charge is 2.23. The van der Waals surface area contributed by atoms with Gasteiger partial charge >= 0.3 is 5.97 Å². The van der Waals surface area contributed by atoms with Gasteiger partial charge in [0.2, 0.25) is 0 Å². The lowest BCUT2D eigenvalue weighted by atomic mass is 9.91. The molecule has 3 heterocycles. The predicted octanol–water partition coefficient (Wildman–Crippen LogP) is 5.20. The molecular formula is C22H21BrF2N4O2. The Labute approximate surface area is 186 Å². The van der Waals surface area contributed by atoms with Crippen molar-refractivity contribution in [3.63, 3.8) is 0 Å². The van der Waals surface area contributed by atoms with Crippen molar-refractivity contribution in [2.24, 2.45) is 5.92 Å². The number of carbonyl (C=O) groups is 1. The second-order valence-electron chi connectivity index (χ2n) is 7.73. The smallest absolute Gasteiger partial charge is 0.303 e. The molecule has 4 rings (SSSR count). The fourth-order valence-electron chi connectivity index (χ4n) is 3.99. The van der Waals surface area contributed by atoms with Gasteiger partial charge in [-0.2, -0.15) is 0 Å². The van der Waals surface area contributed by atoms with Crippen LogP contribution in [0.5, 0.6) is 0 Å². The first-order chi connectivity index (χ1) is 14.9. The second kappa shape index (κ2) is 9.21. The molecule has 3 aromatic rings. The monoisotopic (exact) mass is 490 g/mol. The lowest BCUT2D eigenvalue weighted by Gasteiger charge is -2.33. The Morgan fingerprint density at radius 3 is 2.71 bits per heavy atom. The Morgan fingerprint density at radius 2 is 1.97 bits per heavy atom. The first-order valence-electron chi connectivity index (χ1n) is 10.2. The molecule has 0 bridgehead atoms. The maximum atomic E-state index is 14.6. The van der Waals surface area contributed by atoms with E-state index < -0.39 is 17.6 Å². The van der Waals surface area contributed by atoms with Crippen LogP contribution in [0.4, 0.5) is 14.6 Å². The van der Waals surface area contributed by atoms with Crippen molar-refractivity contribution in [3.8, 4) is 11.4 Å². The van der Waals surface area contributed by atoms with Gasteiger partial charge in [0.25, 0.3) is 0 Å². The molecule has 6 nitrogen and oxygen atoms in total. The van der Waals surface area contributed by atoms with Gasteiger partial charge in [0, 0.05) is 31.9 Å². The number of rotatable bonds is 6. The molecule has 162 valence electrons. The van der Waals surface area contributed by atoms with E-state index in [4.69, 9.17) is 5.11 Å². The summed E-state index contributed by atoms with van der Waals surface area (Å²) in [5, 5.41) is 9.58. The van der Waals surface area contributed by atoms with Crippen LogP contribution in [0.15, 0.2) is 35.1 Å². The van der Waals surface area contributed by atoms with Crippen LogP contribution in [0.1, 0.15) is 32.1 Å². The van der Waals surface area contributed by atoms with Crippen molar-refractivity contribution in [2.75, 3.05) is 18.0 Å². The number of fused-ring (bicyclic) bond motifs is 1. The van der Waals surface area contributed by atoms with Gasteiger partial charge in [-0.25, -0.2) is 18.7 Å². The number of carboxylic acids is 1. The molecule has 0 spiro atoms. The third-order valence-corrected chi connectivity index (χ3v) is 6.25. The van der Waals surface area contributed by atoms with Crippen LogP contribution >= 0.6 is 15.9 Å². The van der Waals surface area contributed by atoms with Gasteiger partial charge in [0.1, 0.15) is 17.5 Å². The van der Waals surface area contributed by atoms with Crippen LogP contribution in [-0.4, -0.2) is 39.1 Å². The molecule has 0 amide bonds. The van der Waals surface area contributed by atoms with Crippen molar-refractivity contribution in [1.29, 1.82) is 0 Å². The number of anilines is 1. The normalized spacial score (nSPS) is 14.9. The van der Waals surface area contributed by atoms with Crippen LogP contribution in [0, 0.1) is 17.6 Å². The van der Waals surface area contributed by atoms with Crippen molar-refractivity contribution < 1.29 is 18.7 Å². The number of hydrogen-bond acceptors (Lipinski definition) is 5. The molecule has 1 fully saturated rings. The molecule has 0 saturated carbocycles. The summed E-state index contributed by atoms with van der Waals surface area (Å²) in [7, 11) is 0. The van der Waals surface area contributed by atoms with E-state index in [1.54, 1.807) is 18.5 Å². The first-order valence-corrected chi connectivity index (χ1v) is 10.9. The first kappa shape index (κ1) is 21.5. The number of hydrogen-bond donors (Lipinski definition) is 1. The van der Waals surface area contributed by atoms with Crippen LogP contribution in [0.2, 0.25) is 0 Å². The number of nitrogens with zero attached hydrogens (tertiary/aromatic N) is 4. The van der Waals surface area contributed by atoms with E-state index in [0.29, 0.717) is 23.7 Å². The van der Waals surface area contributed by atoms with Gasteiger partial charge < -0.3 is 10.0 Å². The van der Waals surface area contributed by atoms with E-state index in [-0.39, 0.29) is 22.3 Å². The average Bonchev–Trinajstić information content (AvgIpc) is 2.76. The Hall–Kier alpha value is -2.68. The summed E-state index contributed by atoms with van der Waals surface area (Å²) in [6, 6.07) is 3.91. The lowest BCUT2D eigenvalue weighted by molar-refractivity contribution is -0.137. The second-order valence-corrected chi connectivity index (χ2v) is 8.58.